The van der Waals surface area contributed by atoms with Gasteiger partial charge in [-0.3, -0.25) is 4.68 Å². The van der Waals surface area contributed by atoms with Crippen LogP contribution in [-0.2, 0) is 10.9 Å². The summed E-state index contributed by atoms with van der Waals surface area (Å²) >= 11 is 0. The molecule has 1 fully saturated rings. The SMILES string of the molecule is Cc1cc(C(F)(F)F)cc(O)c1-c1cnc2cn(C3CCOC3)nc2n1. The molecule has 1 aliphatic rings. The second-order valence-electron chi connectivity index (χ2n) is 6.28. The standard InChI is InChI=1S/C17H15F3N4O2/c1-9-4-10(17(18,19)20)5-14(25)15(9)12-6-21-13-7-24(23-16(13)22-12)11-2-3-26-8-11/h4-7,11,25H,2-3,8H2,1H3. The molecule has 4 rings (SSSR count). The molecule has 1 saturated heterocycles. The third-order valence-corrected chi connectivity index (χ3v) is 4.42. The van der Waals surface area contributed by atoms with E-state index in [1.54, 1.807) is 10.9 Å². The maximum atomic E-state index is 12.9. The Balaban J connectivity index is 1.77. The Hall–Kier alpha value is -2.68. The molecule has 2 aromatic heterocycles. The maximum absolute atomic E-state index is 12.9. The number of aromatic hydroxyl groups is 1. The van der Waals surface area contributed by atoms with Gasteiger partial charge in [-0.2, -0.15) is 18.3 Å². The summed E-state index contributed by atoms with van der Waals surface area (Å²) < 4.78 is 45.7. The number of alkyl halides is 3. The van der Waals surface area contributed by atoms with Crippen LogP contribution in [0.25, 0.3) is 22.4 Å². The molecule has 0 saturated carbocycles. The molecule has 136 valence electrons. The van der Waals surface area contributed by atoms with Crippen LogP contribution in [0.3, 0.4) is 0 Å². The van der Waals surface area contributed by atoms with Crippen LogP contribution in [0.5, 0.6) is 5.75 Å². The number of phenols is 1. The Bertz CT molecular complexity index is 955. The van der Waals surface area contributed by atoms with Crippen LogP contribution < -0.4 is 0 Å². The van der Waals surface area contributed by atoms with Gasteiger partial charge in [0.2, 0.25) is 0 Å². The van der Waals surface area contributed by atoms with Crippen molar-refractivity contribution in [3.8, 4) is 17.0 Å². The summed E-state index contributed by atoms with van der Waals surface area (Å²) in [5, 5.41) is 14.5. The van der Waals surface area contributed by atoms with Crippen LogP contribution in [-0.4, -0.2) is 38.1 Å². The summed E-state index contributed by atoms with van der Waals surface area (Å²) in [6.45, 7) is 2.73. The first-order valence-corrected chi connectivity index (χ1v) is 8.04. The first-order valence-electron chi connectivity index (χ1n) is 8.04. The number of hydrogen-bond acceptors (Lipinski definition) is 5. The zero-order chi connectivity index (χ0) is 18.5. The molecule has 1 aliphatic heterocycles. The minimum atomic E-state index is -4.53. The number of phenolic OH excluding ortho intramolecular Hbond substituents is 1. The van der Waals surface area contributed by atoms with Gasteiger partial charge < -0.3 is 9.84 Å². The van der Waals surface area contributed by atoms with Crippen molar-refractivity contribution in [3.05, 3.63) is 35.7 Å². The fourth-order valence-electron chi connectivity index (χ4n) is 3.12. The molecule has 1 aromatic carbocycles. The smallest absolute Gasteiger partial charge is 0.416 e. The highest BCUT2D eigenvalue weighted by atomic mass is 19.4. The minimum absolute atomic E-state index is 0.121. The maximum Gasteiger partial charge on any atom is 0.416 e. The molecular weight excluding hydrogens is 349 g/mol. The Morgan fingerprint density at radius 3 is 2.77 bits per heavy atom. The van der Waals surface area contributed by atoms with Gasteiger partial charge in [0.1, 0.15) is 11.3 Å². The lowest BCUT2D eigenvalue weighted by molar-refractivity contribution is -0.137. The predicted octanol–water partition coefficient (Wildman–Crippen LogP) is 3.49. The second-order valence-corrected chi connectivity index (χ2v) is 6.28. The van der Waals surface area contributed by atoms with E-state index in [4.69, 9.17) is 4.74 Å². The zero-order valence-corrected chi connectivity index (χ0v) is 13.8. The number of aryl methyl sites for hydroxylation is 1. The normalized spacial score (nSPS) is 17.9. The first kappa shape index (κ1) is 16.8. The molecule has 9 heteroatoms. The van der Waals surface area contributed by atoms with Gasteiger partial charge in [-0.25, -0.2) is 9.97 Å². The van der Waals surface area contributed by atoms with E-state index in [1.807, 2.05) is 0 Å². The number of fused-ring (bicyclic) bond motifs is 1. The summed E-state index contributed by atoms with van der Waals surface area (Å²) in [6.07, 6.45) is -0.488. The third kappa shape index (κ3) is 2.88. The Morgan fingerprint density at radius 1 is 1.31 bits per heavy atom. The molecule has 6 nitrogen and oxygen atoms in total. The number of benzene rings is 1. The summed E-state index contributed by atoms with van der Waals surface area (Å²) in [6, 6.07) is 1.80. The van der Waals surface area contributed by atoms with E-state index < -0.39 is 17.5 Å². The van der Waals surface area contributed by atoms with Gasteiger partial charge in [-0.15, -0.1) is 0 Å². The number of rotatable bonds is 2. The summed E-state index contributed by atoms with van der Waals surface area (Å²) in [4.78, 5) is 8.66. The lowest BCUT2D eigenvalue weighted by Crippen LogP contribution is -2.08. The van der Waals surface area contributed by atoms with Crippen molar-refractivity contribution in [2.45, 2.75) is 25.6 Å². The Morgan fingerprint density at radius 2 is 2.12 bits per heavy atom. The van der Waals surface area contributed by atoms with E-state index in [9.17, 15) is 18.3 Å². The summed E-state index contributed by atoms with van der Waals surface area (Å²) in [5.41, 5.74) is 0.781. The van der Waals surface area contributed by atoms with Crippen LogP contribution in [0.4, 0.5) is 13.2 Å². The molecule has 0 radical (unpaired) electrons. The minimum Gasteiger partial charge on any atom is -0.507 e. The monoisotopic (exact) mass is 364 g/mol. The van der Waals surface area contributed by atoms with Gasteiger partial charge in [0, 0.05) is 12.2 Å². The molecule has 3 aromatic rings. The fraction of sp³-hybridized carbons (Fsp3) is 0.353. The van der Waals surface area contributed by atoms with Gasteiger partial charge in [-0.1, -0.05) is 0 Å². The van der Waals surface area contributed by atoms with Gasteiger partial charge >= 0.3 is 6.18 Å². The van der Waals surface area contributed by atoms with Crippen molar-refractivity contribution in [1.29, 1.82) is 0 Å². The van der Waals surface area contributed by atoms with Crippen LogP contribution in [0.1, 0.15) is 23.6 Å². The van der Waals surface area contributed by atoms with Gasteiger partial charge in [0.05, 0.1) is 36.3 Å². The van der Waals surface area contributed by atoms with Crippen molar-refractivity contribution in [2.75, 3.05) is 13.2 Å². The molecule has 1 atom stereocenters. The highest BCUT2D eigenvalue weighted by Crippen LogP contribution is 2.38. The van der Waals surface area contributed by atoms with Gasteiger partial charge in [-0.05, 0) is 31.0 Å². The van der Waals surface area contributed by atoms with Crippen molar-refractivity contribution in [2.24, 2.45) is 0 Å². The molecule has 26 heavy (non-hydrogen) atoms. The quantitative estimate of drug-likeness (QED) is 0.754. The second kappa shape index (κ2) is 5.94. The van der Waals surface area contributed by atoms with Crippen molar-refractivity contribution >= 4 is 11.2 Å². The van der Waals surface area contributed by atoms with E-state index in [1.165, 1.54) is 13.1 Å². The molecule has 3 heterocycles. The first-order chi connectivity index (χ1) is 12.3. The van der Waals surface area contributed by atoms with Gasteiger partial charge in [0.25, 0.3) is 0 Å². The lowest BCUT2D eigenvalue weighted by atomic mass is 10.0. The average Bonchev–Trinajstić information content (AvgIpc) is 3.22. The summed E-state index contributed by atoms with van der Waals surface area (Å²) in [7, 11) is 0. The third-order valence-electron chi connectivity index (χ3n) is 4.42. The van der Waals surface area contributed by atoms with Crippen LogP contribution in [0.2, 0.25) is 0 Å². The highest BCUT2D eigenvalue weighted by Gasteiger charge is 2.32. The highest BCUT2D eigenvalue weighted by molar-refractivity contribution is 5.77. The topological polar surface area (TPSA) is 73.1 Å². The number of aromatic nitrogens is 4. The number of nitrogens with zero attached hydrogens (tertiary/aromatic N) is 4. The molecule has 1 unspecified atom stereocenters. The summed E-state index contributed by atoms with van der Waals surface area (Å²) in [5.74, 6) is -0.491. The van der Waals surface area contributed by atoms with Crippen LogP contribution in [0, 0.1) is 6.92 Å². The van der Waals surface area contributed by atoms with Crippen LogP contribution in [0.15, 0.2) is 24.5 Å². The molecule has 0 spiro atoms. The number of halogens is 3. The van der Waals surface area contributed by atoms with E-state index in [0.717, 1.165) is 12.5 Å². The molecule has 0 aliphatic carbocycles. The lowest BCUT2D eigenvalue weighted by Gasteiger charge is -2.12. The van der Waals surface area contributed by atoms with E-state index in [-0.39, 0.29) is 22.9 Å². The molecule has 0 amide bonds. The Labute approximate surface area is 146 Å². The largest absolute Gasteiger partial charge is 0.507 e. The zero-order valence-electron chi connectivity index (χ0n) is 13.8. The molecular formula is C17H15F3N4O2. The number of ether oxygens (including phenoxy) is 1. The molecule has 1 N–H and O–H groups in total. The fourth-order valence-corrected chi connectivity index (χ4v) is 3.12. The van der Waals surface area contributed by atoms with Crippen LogP contribution >= 0.6 is 0 Å². The predicted molar refractivity (Wildman–Crippen MR) is 86.6 cm³/mol. The van der Waals surface area contributed by atoms with Crippen molar-refractivity contribution in [1.82, 2.24) is 19.7 Å². The molecule has 0 bridgehead atoms. The van der Waals surface area contributed by atoms with Gasteiger partial charge in [0.15, 0.2) is 5.65 Å². The Kier molecular flexibility index (Phi) is 3.83. The number of hydrogen-bond donors (Lipinski definition) is 1. The van der Waals surface area contributed by atoms with E-state index >= 15 is 0 Å². The van der Waals surface area contributed by atoms with E-state index in [0.29, 0.717) is 30.4 Å². The van der Waals surface area contributed by atoms with Crippen molar-refractivity contribution < 1.29 is 23.0 Å². The average molecular weight is 364 g/mol. The van der Waals surface area contributed by atoms with E-state index in [2.05, 4.69) is 15.1 Å². The van der Waals surface area contributed by atoms with Crippen molar-refractivity contribution in [3.63, 3.8) is 0 Å².